The average molecular weight is 367 g/mol. The monoisotopic (exact) mass is 366 g/mol. The van der Waals surface area contributed by atoms with Crippen molar-refractivity contribution in [1.82, 2.24) is 0 Å². The second kappa shape index (κ2) is 12.0. The van der Waals surface area contributed by atoms with Crippen LogP contribution >= 0.6 is 0 Å². The molecule has 0 unspecified atom stereocenters. The highest BCUT2D eigenvalue weighted by Gasteiger charge is 2.01. The van der Waals surface area contributed by atoms with Gasteiger partial charge in [0.05, 0.1) is 11.4 Å². The van der Waals surface area contributed by atoms with Crippen LogP contribution in [0.2, 0.25) is 0 Å². The minimum Gasteiger partial charge on any atom is -0.427 e. The van der Waals surface area contributed by atoms with Crippen molar-refractivity contribution < 1.29 is 9.53 Å². The standard InChI is InChI=1S/C23H30N2O2/c1-3-5-6-7-8-9-10-19-11-13-20(14-12-19)24-25-21-15-17-22(18-16-21)27-23(26)4-2/h11-18H,3-10H2,1-2H3. The van der Waals surface area contributed by atoms with Crippen LogP contribution in [-0.2, 0) is 11.2 Å². The van der Waals surface area contributed by atoms with Gasteiger partial charge in [-0.2, -0.15) is 10.2 Å². The maximum absolute atomic E-state index is 11.3. The number of benzene rings is 2. The normalized spacial score (nSPS) is 11.0. The van der Waals surface area contributed by atoms with E-state index in [1.807, 2.05) is 12.1 Å². The number of aryl methyl sites for hydroxylation is 1. The third-order valence-electron chi connectivity index (χ3n) is 4.39. The molecule has 0 aliphatic rings. The van der Waals surface area contributed by atoms with Gasteiger partial charge in [0.25, 0.3) is 0 Å². The van der Waals surface area contributed by atoms with E-state index in [4.69, 9.17) is 4.74 Å². The second-order valence-corrected chi connectivity index (χ2v) is 6.71. The molecule has 0 saturated carbocycles. The quantitative estimate of drug-likeness (QED) is 0.181. The number of esters is 1. The van der Waals surface area contributed by atoms with Gasteiger partial charge in [0.15, 0.2) is 0 Å². The lowest BCUT2D eigenvalue weighted by Crippen LogP contribution is -2.04. The van der Waals surface area contributed by atoms with Crippen LogP contribution in [0.5, 0.6) is 5.75 Å². The Balaban J connectivity index is 1.79. The Hall–Kier alpha value is -2.49. The second-order valence-electron chi connectivity index (χ2n) is 6.71. The summed E-state index contributed by atoms with van der Waals surface area (Å²) in [4.78, 5) is 11.3. The van der Waals surface area contributed by atoms with Crippen molar-refractivity contribution in [3.8, 4) is 5.75 Å². The molecular formula is C23H30N2O2. The van der Waals surface area contributed by atoms with E-state index in [-0.39, 0.29) is 5.97 Å². The zero-order chi connectivity index (χ0) is 19.3. The molecule has 0 fully saturated rings. The number of ether oxygens (including phenoxy) is 1. The maximum atomic E-state index is 11.3. The Bertz CT molecular complexity index is 706. The summed E-state index contributed by atoms with van der Waals surface area (Å²) in [5.41, 5.74) is 2.91. The fourth-order valence-electron chi connectivity index (χ4n) is 2.74. The van der Waals surface area contributed by atoms with Crippen molar-refractivity contribution in [3.05, 3.63) is 54.1 Å². The Morgan fingerprint density at radius 1 is 0.778 bits per heavy atom. The van der Waals surface area contributed by atoms with Crippen LogP contribution in [0.25, 0.3) is 0 Å². The molecule has 27 heavy (non-hydrogen) atoms. The molecular weight excluding hydrogens is 336 g/mol. The van der Waals surface area contributed by atoms with Crippen molar-refractivity contribution in [2.24, 2.45) is 10.2 Å². The number of unbranched alkanes of at least 4 members (excludes halogenated alkanes) is 5. The van der Waals surface area contributed by atoms with Gasteiger partial charge in [-0.1, -0.05) is 58.1 Å². The third-order valence-corrected chi connectivity index (χ3v) is 4.39. The van der Waals surface area contributed by atoms with E-state index in [0.29, 0.717) is 12.2 Å². The molecule has 0 radical (unpaired) electrons. The zero-order valence-corrected chi connectivity index (χ0v) is 16.5. The minimum atomic E-state index is -0.245. The molecule has 0 spiro atoms. The molecule has 2 rings (SSSR count). The molecule has 4 heteroatoms. The molecule has 4 nitrogen and oxygen atoms in total. The number of rotatable bonds is 11. The van der Waals surface area contributed by atoms with Gasteiger partial charge in [-0.15, -0.1) is 0 Å². The number of carbonyl (C=O) groups excluding carboxylic acids is 1. The lowest BCUT2D eigenvalue weighted by Gasteiger charge is -2.03. The summed E-state index contributed by atoms with van der Waals surface area (Å²) in [7, 11) is 0. The lowest BCUT2D eigenvalue weighted by molar-refractivity contribution is -0.134. The Morgan fingerprint density at radius 2 is 1.33 bits per heavy atom. The summed E-state index contributed by atoms with van der Waals surface area (Å²) in [6.07, 6.45) is 9.40. The van der Waals surface area contributed by atoms with Gasteiger partial charge in [0.1, 0.15) is 5.75 Å². The molecule has 144 valence electrons. The number of carbonyl (C=O) groups is 1. The van der Waals surface area contributed by atoms with E-state index in [1.54, 1.807) is 31.2 Å². The largest absolute Gasteiger partial charge is 0.427 e. The van der Waals surface area contributed by atoms with Gasteiger partial charge in [0, 0.05) is 6.42 Å². The van der Waals surface area contributed by atoms with Crippen LogP contribution in [-0.4, -0.2) is 5.97 Å². The summed E-state index contributed by atoms with van der Waals surface area (Å²) >= 11 is 0. The van der Waals surface area contributed by atoms with Gasteiger partial charge in [0.2, 0.25) is 0 Å². The van der Waals surface area contributed by atoms with Crippen molar-refractivity contribution in [1.29, 1.82) is 0 Å². The first-order valence-electron chi connectivity index (χ1n) is 10.0. The smallest absolute Gasteiger partial charge is 0.310 e. The van der Waals surface area contributed by atoms with E-state index in [0.717, 1.165) is 17.8 Å². The number of hydrogen-bond donors (Lipinski definition) is 0. The minimum absolute atomic E-state index is 0.245. The molecule has 2 aromatic carbocycles. The van der Waals surface area contributed by atoms with Crippen LogP contribution in [0, 0.1) is 0 Å². The average Bonchev–Trinajstić information content (AvgIpc) is 2.71. The first-order chi connectivity index (χ1) is 13.2. The summed E-state index contributed by atoms with van der Waals surface area (Å²) in [6.45, 7) is 4.02. The van der Waals surface area contributed by atoms with Crippen LogP contribution < -0.4 is 4.74 Å². The van der Waals surface area contributed by atoms with Gasteiger partial charge in [-0.25, -0.2) is 0 Å². The molecule has 0 bridgehead atoms. The molecule has 0 N–H and O–H groups in total. The van der Waals surface area contributed by atoms with Crippen molar-refractivity contribution in [3.63, 3.8) is 0 Å². The van der Waals surface area contributed by atoms with Crippen molar-refractivity contribution in [2.45, 2.75) is 65.2 Å². The summed E-state index contributed by atoms with van der Waals surface area (Å²) < 4.78 is 5.14. The molecule has 2 aromatic rings. The lowest BCUT2D eigenvalue weighted by atomic mass is 10.0. The van der Waals surface area contributed by atoms with E-state index in [9.17, 15) is 4.79 Å². The molecule has 0 aromatic heterocycles. The number of nitrogens with zero attached hydrogens (tertiary/aromatic N) is 2. The predicted molar refractivity (Wildman–Crippen MR) is 110 cm³/mol. The molecule has 0 aliphatic heterocycles. The summed E-state index contributed by atoms with van der Waals surface area (Å²) in [6, 6.07) is 15.3. The Kier molecular flexibility index (Phi) is 9.25. The summed E-state index contributed by atoms with van der Waals surface area (Å²) in [5.74, 6) is 0.283. The fraction of sp³-hybridized carbons (Fsp3) is 0.435. The topological polar surface area (TPSA) is 51.0 Å². The first kappa shape index (κ1) is 20.8. The number of hydrogen-bond acceptors (Lipinski definition) is 4. The highest BCUT2D eigenvalue weighted by Crippen LogP contribution is 2.22. The molecule has 0 heterocycles. The van der Waals surface area contributed by atoms with Gasteiger partial charge < -0.3 is 4.74 Å². The first-order valence-corrected chi connectivity index (χ1v) is 10.0. The van der Waals surface area contributed by atoms with Crippen LogP contribution in [0.3, 0.4) is 0 Å². The Labute approximate surface area is 162 Å². The van der Waals surface area contributed by atoms with Crippen LogP contribution in [0.1, 0.15) is 64.4 Å². The van der Waals surface area contributed by atoms with Gasteiger partial charge in [-0.05, 0) is 54.8 Å². The van der Waals surface area contributed by atoms with Crippen molar-refractivity contribution >= 4 is 17.3 Å². The van der Waals surface area contributed by atoms with Crippen LogP contribution in [0.15, 0.2) is 58.8 Å². The molecule has 0 aliphatic carbocycles. The van der Waals surface area contributed by atoms with Gasteiger partial charge in [-0.3, -0.25) is 4.79 Å². The predicted octanol–water partition coefficient (Wildman–Crippen LogP) is 7.32. The van der Waals surface area contributed by atoms with Gasteiger partial charge >= 0.3 is 5.97 Å². The van der Waals surface area contributed by atoms with E-state index < -0.39 is 0 Å². The molecule has 0 amide bonds. The third kappa shape index (κ3) is 8.16. The van der Waals surface area contributed by atoms with E-state index >= 15 is 0 Å². The molecule has 0 saturated heterocycles. The van der Waals surface area contributed by atoms with E-state index in [2.05, 4.69) is 29.3 Å². The maximum Gasteiger partial charge on any atom is 0.310 e. The van der Waals surface area contributed by atoms with Crippen molar-refractivity contribution in [2.75, 3.05) is 0 Å². The van der Waals surface area contributed by atoms with Crippen LogP contribution in [0.4, 0.5) is 11.4 Å². The Morgan fingerprint density at radius 3 is 1.93 bits per heavy atom. The SMILES string of the molecule is CCCCCCCCc1ccc(N=Nc2ccc(OC(=O)CC)cc2)cc1. The van der Waals surface area contributed by atoms with E-state index in [1.165, 1.54) is 44.1 Å². The highest BCUT2D eigenvalue weighted by atomic mass is 16.5. The highest BCUT2D eigenvalue weighted by molar-refractivity contribution is 5.72. The summed E-state index contributed by atoms with van der Waals surface area (Å²) in [5, 5.41) is 8.51. The molecule has 0 atom stereocenters. The zero-order valence-electron chi connectivity index (χ0n) is 16.5. The fourth-order valence-corrected chi connectivity index (χ4v) is 2.74. The number of azo groups is 1.